The first kappa shape index (κ1) is 21.7. The lowest BCUT2D eigenvalue weighted by Crippen LogP contribution is -2.38. The number of hydrogen-bond acceptors (Lipinski definition) is 6. The molecule has 4 amide bonds. The summed E-state index contributed by atoms with van der Waals surface area (Å²) in [5, 5.41) is 14.2. The highest BCUT2D eigenvalue weighted by Crippen LogP contribution is 2.36. The third kappa shape index (κ3) is 5.95. The van der Waals surface area contributed by atoms with E-state index >= 15 is 0 Å². The number of imide groups is 2. The van der Waals surface area contributed by atoms with Crippen LogP contribution in [0.3, 0.4) is 0 Å². The molecule has 11 nitrogen and oxygen atoms in total. The number of carboxylic acids is 1. The number of nitrogens with zero attached hydrogens (tertiary/aromatic N) is 2. The summed E-state index contributed by atoms with van der Waals surface area (Å²) in [5.74, 6) is -2.86. The molecule has 0 fully saturated rings. The fraction of sp³-hybridized carbons (Fsp3) is 0.438. The summed E-state index contributed by atoms with van der Waals surface area (Å²) in [6.45, 7) is 0.0672. The van der Waals surface area contributed by atoms with E-state index < -0.39 is 37.0 Å². The van der Waals surface area contributed by atoms with Gasteiger partial charge in [-0.2, -0.15) is 0 Å². The minimum atomic E-state index is -3.27. The van der Waals surface area contributed by atoms with Gasteiger partial charge >= 0.3 is 5.97 Å². The molecule has 2 aliphatic heterocycles. The lowest BCUT2D eigenvalue weighted by Gasteiger charge is -2.23. The molecule has 0 bridgehead atoms. The van der Waals surface area contributed by atoms with Crippen LogP contribution in [0.2, 0.25) is 0 Å². The monoisotopic (exact) mass is 412 g/mol. The van der Waals surface area contributed by atoms with Crippen molar-refractivity contribution in [3.05, 3.63) is 24.3 Å². The van der Waals surface area contributed by atoms with Crippen LogP contribution >= 0.6 is 7.44 Å². The number of carbonyl (C=O) groups excluding carboxylic acids is 4. The SMILES string of the molecule is O=C(O)CCNP(=O)(CCCN1C(=O)C=CC1=O)NCCN1C(=O)C=CC1=O. The molecule has 1 atom stereocenters. The van der Waals surface area contributed by atoms with E-state index in [1.54, 1.807) is 0 Å². The Kier molecular flexibility index (Phi) is 7.38. The maximum atomic E-state index is 13.0. The van der Waals surface area contributed by atoms with Gasteiger partial charge in [-0.05, 0) is 6.42 Å². The molecular weight excluding hydrogens is 391 g/mol. The summed E-state index contributed by atoms with van der Waals surface area (Å²) in [6, 6.07) is 0. The van der Waals surface area contributed by atoms with Crippen molar-refractivity contribution in [1.29, 1.82) is 0 Å². The van der Waals surface area contributed by atoms with Gasteiger partial charge in [-0.1, -0.05) is 0 Å². The standard InChI is InChI=1S/C16H21N4O7P/c21-12-2-3-13(22)19(12)9-1-11-28(27,17-7-6-16(25)26)18-8-10-20-14(23)4-5-15(20)24/h2-5H,1,6-11H2,(H,25,26)(H2,17,18,27). The van der Waals surface area contributed by atoms with Gasteiger partial charge in [0.15, 0.2) is 0 Å². The predicted molar refractivity (Wildman–Crippen MR) is 97.1 cm³/mol. The first-order chi connectivity index (χ1) is 13.2. The van der Waals surface area contributed by atoms with Crippen LogP contribution in [0.15, 0.2) is 24.3 Å². The Hall–Kier alpha value is -2.62. The normalized spacial score (nSPS) is 18.4. The maximum Gasteiger partial charge on any atom is 0.304 e. The average molecular weight is 412 g/mol. The summed E-state index contributed by atoms with van der Waals surface area (Å²) in [4.78, 5) is 58.8. The van der Waals surface area contributed by atoms with E-state index in [0.29, 0.717) is 0 Å². The molecular formula is C16H21N4O7P. The van der Waals surface area contributed by atoms with Crippen molar-refractivity contribution >= 4 is 37.0 Å². The summed E-state index contributed by atoms with van der Waals surface area (Å²) in [5.41, 5.74) is 0. The fourth-order valence-electron chi connectivity index (χ4n) is 2.65. The highest BCUT2D eigenvalue weighted by molar-refractivity contribution is 7.59. The topological polar surface area (TPSA) is 153 Å². The summed E-state index contributed by atoms with van der Waals surface area (Å²) >= 11 is 0. The van der Waals surface area contributed by atoms with Crippen LogP contribution in [-0.4, -0.2) is 76.8 Å². The number of carboxylic acid groups (broad SMARTS) is 1. The Balaban J connectivity index is 1.87. The van der Waals surface area contributed by atoms with Crippen molar-refractivity contribution in [2.24, 2.45) is 0 Å². The zero-order valence-electron chi connectivity index (χ0n) is 15.0. The van der Waals surface area contributed by atoms with Crippen molar-refractivity contribution < 1.29 is 33.6 Å². The highest BCUT2D eigenvalue weighted by Gasteiger charge is 2.27. The zero-order valence-corrected chi connectivity index (χ0v) is 15.9. The Labute approximate surface area is 160 Å². The number of nitrogens with one attached hydrogen (secondary N) is 2. The van der Waals surface area contributed by atoms with Crippen LogP contribution in [0.1, 0.15) is 12.8 Å². The molecule has 2 heterocycles. The average Bonchev–Trinajstić information content (AvgIpc) is 3.11. The molecule has 0 aliphatic carbocycles. The minimum absolute atomic E-state index is 0.00227. The molecule has 0 aromatic heterocycles. The van der Waals surface area contributed by atoms with Crippen LogP contribution in [-0.2, 0) is 28.5 Å². The molecule has 1 unspecified atom stereocenters. The van der Waals surface area contributed by atoms with Gasteiger partial charge in [0.25, 0.3) is 23.6 Å². The Morgan fingerprint density at radius 3 is 1.82 bits per heavy atom. The lowest BCUT2D eigenvalue weighted by molar-refractivity contribution is -0.138. The second kappa shape index (κ2) is 9.54. The third-order valence-corrected chi connectivity index (χ3v) is 6.48. The molecule has 0 aromatic rings. The van der Waals surface area contributed by atoms with E-state index in [0.717, 1.165) is 34.1 Å². The number of amides is 4. The molecule has 0 spiro atoms. The van der Waals surface area contributed by atoms with Crippen LogP contribution in [0.25, 0.3) is 0 Å². The Bertz CT molecular complexity index is 704. The van der Waals surface area contributed by atoms with E-state index in [4.69, 9.17) is 5.11 Å². The third-order valence-electron chi connectivity index (χ3n) is 4.06. The first-order valence-electron chi connectivity index (χ1n) is 8.60. The smallest absolute Gasteiger partial charge is 0.304 e. The largest absolute Gasteiger partial charge is 0.481 e. The molecule has 0 aromatic carbocycles. The van der Waals surface area contributed by atoms with Crippen molar-refractivity contribution in [2.75, 3.05) is 32.3 Å². The second-order valence-electron chi connectivity index (χ2n) is 6.10. The molecule has 28 heavy (non-hydrogen) atoms. The summed E-state index contributed by atoms with van der Waals surface area (Å²) < 4.78 is 13.0. The summed E-state index contributed by atoms with van der Waals surface area (Å²) in [6.07, 6.45) is 4.63. The molecule has 12 heteroatoms. The molecule has 0 saturated carbocycles. The Morgan fingerprint density at radius 2 is 1.32 bits per heavy atom. The minimum Gasteiger partial charge on any atom is -0.481 e. The van der Waals surface area contributed by atoms with Gasteiger partial charge in [0.2, 0.25) is 7.44 Å². The molecule has 2 aliphatic rings. The maximum absolute atomic E-state index is 13.0. The van der Waals surface area contributed by atoms with Gasteiger partial charge in [0, 0.05) is 56.6 Å². The van der Waals surface area contributed by atoms with E-state index in [2.05, 4.69) is 10.2 Å². The molecule has 3 N–H and O–H groups in total. The number of aliphatic carboxylic acids is 1. The predicted octanol–water partition coefficient (Wildman–Crippen LogP) is -0.926. The van der Waals surface area contributed by atoms with Crippen molar-refractivity contribution in [2.45, 2.75) is 12.8 Å². The molecule has 2 rings (SSSR count). The summed E-state index contributed by atoms with van der Waals surface area (Å²) in [7, 11) is -3.27. The molecule has 152 valence electrons. The van der Waals surface area contributed by atoms with Crippen LogP contribution in [0, 0.1) is 0 Å². The fourth-order valence-corrected chi connectivity index (χ4v) is 4.60. The van der Waals surface area contributed by atoms with Gasteiger partial charge in [-0.3, -0.25) is 48.5 Å². The van der Waals surface area contributed by atoms with E-state index in [-0.39, 0.29) is 45.2 Å². The quantitative estimate of drug-likeness (QED) is 0.273. The zero-order chi connectivity index (χ0) is 20.7. The van der Waals surface area contributed by atoms with Crippen LogP contribution < -0.4 is 10.2 Å². The van der Waals surface area contributed by atoms with Crippen LogP contribution in [0.5, 0.6) is 0 Å². The van der Waals surface area contributed by atoms with Gasteiger partial charge in [0.05, 0.1) is 6.42 Å². The van der Waals surface area contributed by atoms with E-state index in [9.17, 15) is 28.5 Å². The number of rotatable bonds is 12. The van der Waals surface area contributed by atoms with Gasteiger partial charge in [-0.15, -0.1) is 0 Å². The first-order valence-corrected chi connectivity index (χ1v) is 10.5. The van der Waals surface area contributed by atoms with Crippen molar-refractivity contribution in [1.82, 2.24) is 20.0 Å². The van der Waals surface area contributed by atoms with E-state index in [1.165, 1.54) is 0 Å². The molecule has 0 saturated heterocycles. The van der Waals surface area contributed by atoms with Crippen LogP contribution in [0.4, 0.5) is 0 Å². The van der Waals surface area contributed by atoms with E-state index in [1.807, 2.05) is 0 Å². The highest BCUT2D eigenvalue weighted by atomic mass is 31.2. The molecule has 0 radical (unpaired) electrons. The van der Waals surface area contributed by atoms with Gasteiger partial charge < -0.3 is 5.11 Å². The van der Waals surface area contributed by atoms with Gasteiger partial charge in [-0.25, -0.2) is 0 Å². The Morgan fingerprint density at radius 1 is 0.857 bits per heavy atom. The van der Waals surface area contributed by atoms with Crippen molar-refractivity contribution in [3.8, 4) is 0 Å². The lowest BCUT2D eigenvalue weighted by atomic mass is 10.4. The van der Waals surface area contributed by atoms with Crippen molar-refractivity contribution in [3.63, 3.8) is 0 Å². The number of hydrogen-bond donors (Lipinski definition) is 3. The second-order valence-corrected chi connectivity index (χ2v) is 8.66. The van der Waals surface area contributed by atoms with Gasteiger partial charge in [0.1, 0.15) is 0 Å². The number of carbonyl (C=O) groups is 5.